The summed E-state index contributed by atoms with van der Waals surface area (Å²) in [7, 11) is 0. The van der Waals surface area contributed by atoms with E-state index in [0.29, 0.717) is 11.7 Å². The van der Waals surface area contributed by atoms with Gasteiger partial charge in [-0.2, -0.15) is 5.10 Å². The normalized spacial score (nSPS) is 15.9. The Balaban J connectivity index is 1.53. The lowest BCUT2D eigenvalue weighted by molar-refractivity contribution is 0.0430. The molecule has 0 spiro atoms. The van der Waals surface area contributed by atoms with Gasteiger partial charge in [0.05, 0.1) is 6.26 Å². The van der Waals surface area contributed by atoms with Gasteiger partial charge in [0.1, 0.15) is 12.7 Å². The maximum absolute atomic E-state index is 11.8. The average molecular weight is 232 g/mol. The van der Waals surface area contributed by atoms with Gasteiger partial charge in [-0.15, -0.1) is 0 Å². The molecule has 1 fully saturated rings. The quantitative estimate of drug-likeness (QED) is 0.779. The number of amides is 1. The molecule has 3 heterocycles. The van der Waals surface area contributed by atoms with E-state index in [1.807, 2.05) is 0 Å². The van der Waals surface area contributed by atoms with E-state index in [4.69, 9.17) is 4.42 Å². The molecular weight excluding hydrogens is 220 g/mol. The SMILES string of the molecule is O=C(c1ccco1)N1CC(Cn2cncn2)C1. The van der Waals surface area contributed by atoms with Crippen LogP contribution in [0.2, 0.25) is 0 Å². The summed E-state index contributed by atoms with van der Waals surface area (Å²) in [6, 6.07) is 3.41. The van der Waals surface area contributed by atoms with E-state index < -0.39 is 0 Å². The fourth-order valence-electron chi connectivity index (χ4n) is 2.00. The van der Waals surface area contributed by atoms with Crippen molar-refractivity contribution < 1.29 is 9.21 Å². The van der Waals surface area contributed by atoms with Gasteiger partial charge in [-0.1, -0.05) is 0 Å². The highest BCUT2D eigenvalue weighted by Gasteiger charge is 2.32. The number of carbonyl (C=O) groups is 1. The zero-order valence-electron chi connectivity index (χ0n) is 9.19. The Hall–Kier alpha value is -2.11. The molecule has 6 nitrogen and oxygen atoms in total. The molecule has 17 heavy (non-hydrogen) atoms. The van der Waals surface area contributed by atoms with Crippen LogP contribution in [0, 0.1) is 5.92 Å². The highest BCUT2D eigenvalue weighted by atomic mass is 16.3. The summed E-state index contributed by atoms with van der Waals surface area (Å²) in [5.41, 5.74) is 0. The van der Waals surface area contributed by atoms with Crippen molar-refractivity contribution in [1.82, 2.24) is 19.7 Å². The monoisotopic (exact) mass is 232 g/mol. The summed E-state index contributed by atoms with van der Waals surface area (Å²) in [5.74, 6) is 0.824. The highest BCUT2D eigenvalue weighted by molar-refractivity contribution is 5.91. The first-order valence-corrected chi connectivity index (χ1v) is 5.48. The summed E-state index contributed by atoms with van der Waals surface area (Å²) < 4.78 is 6.87. The number of nitrogens with zero attached hydrogens (tertiary/aromatic N) is 4. The van der Waals surface area contributed by atoms with Crippen molar-refractivity contribution in [3.63, 3.8) is 0 Å². The Bertz CT molecular complexity index is 486. The van der Waals surface area contributed by atoms with Crippen LogP contribution in [0.25, 0.3) is 0 Å². The van der Waals surface area contributed by atoms with Gasteiger partial charge in [0.2, 0.25) is 0 Å². The molecule has 0 bridgehead atoms. The molecule has 1 aliphatic rings. The standard InChI is InChI=1S/C11H12N4O2/c16-11(10-2-1-3-17-10)14-4-9(5-14)6-15-8-12-7-13-15/h1-3,7-9H,4-6H2. The van der Waals surface area contributed by atoms with Crippen molar-refractivity contribution in [3.8, 4) is 0 Å². The maximum Gasteiger partial charge on any atom is 0.289 e. The van der Waals surface area contributed by atoms with Crippen LogP contribution >= 0.6 is 0 Å². The van der Waals surface area contributed by atoms with Crippen molar-refractivity contribution in [1.29, 1.82) is 0 Å². The smallest absolute Gasteiger partial charge is 0.289 e. The first-order chi connectivity index (χ1) is 8.33. The Morgan fingerprint density at radius 2 is 2.41 bits per heavy atom. The van der Waals surface area contributed by atoms with E-state index in [1.54, 1.807) is 28.0 Å². The van der Waals surface area contributed by atoms with Gasteiger partial charge in [-0.25, -0.2) is 4.98 Å². The average Bonchev–Trinajstić information content (AvgIpc) is 2.94. The zero-order chi connectivity index (χ0) is 11.7. The Morgan fingerprint density at radius 3 is 3.06 bits per heavy atom. The molecule has 0 unspecified atom stereocenters. The number of carbonyl (C=O) groups excluding carboxylic acids is 1. The van der Waals surface area contributed by atoms with Gasteiger partial charge in [0.15, 0.2) is 5.76 Å². The summed E-state index contributed by atoms with van der Waals surface area (Å²) in [5, 5.41) is 4.04. The lowest BCUT2D eigenvalue weighted by atomic mass is 10.00. The van der Waals surface area contributed by atoms with Crippen molar-refractivity contribution in [3.05, 3.63) is 36.8 Å². The molecule has 2 aromatic rings. The van der Waals surface area contributed by atoms with Gasteiger partial charge >= 0.3 is 0 Å². The number of aromatic nitrogens is 3. The van der Waals surface area contributed by atoms with Crippen LogP contribution in [0.5, 0.6) is 0 Å². The molecule has 0 aromatic carbocycles. The van der Waals surface area contributed by atoms with Crippen LogP contribution in [0.4, 0.5) is 0 Å². The Morgan fingerprint density at radius 1 is 1.53 bits per heavy atom. The lowest BCUT2D eigenvalue weighted by Gasteiger charge is -2.38. The molecule has 1 aliphatic heterocycles. The van der Waals surface area contributed by atoms with E-state index >= 15 is 0 Å². The van der Waals surface area contributed by atoms with Gasteiger partial charge in [-0.05, 0) is 12.1 Å². The fourth-order valence-corrected chi connectivity index (χ4v) is 2.00. The van der Waals surface area contributed by atoms with E-state index in [2.05, 4.69) is 10.1 Å². The summed E-state index contributed by atoms with van der Waals surface area (Å²) in [6.45, 7) is 2.31. The Kier molecular flexibility index (Phi) is 2.40. The van der Waals surface area contributed by atoms with E-state index in [0.717, 1.165) is 19.6 Å². The zero-order valence-corrected chi connectivity index (χ0v) is 9.19. The second-order valence-electron chi connectivity index (χ2n) is 4.17. The molecule has 0 saturated carbocycles. The van der Waals surface area contributed by atoms with Crippen LogP contribution in [0.3, 0.4) is 0 Å². The van der Waals surface area contributed by atoms with E-state index in [-0.39, 0.29) is 5.91 Å². The van der Waals surface area contributed by atoms with Crippen molar-refractivity contribution >= 4 is 5.91 Å². The first kappa shape index (κ1) is 10.1. The third kappa shape index (κ3) is 1.93. The number of hydrogen-bond donors (Lipinski definition) is 0. The second-order valence-corrected chi connectivity index (χ2v) is 4.17. The highest BCUT2D eigenvalue weighted by Crippen LogP contribution is 2.20. The molecule has 0 radical (unpaired) electrons. The minimum Gasteiger partial charge on any atom is -0.459 e. The van der Waals surface area contributed by atoms with Crippen LogP contribution in [-0.4, -0.2) is 38.7 Å². The molecule has 2 aromatic heterocycles. The Labute approximate surface area is 97.8 Å². The molecular formula is C11H12N4O2. The third-order valence-electron chi connectivity index (χ3n) is 2.89. The van der Waals surface area contributed by atoms with Gasteiger partial charge in [-0.3, -0.25) is 9.48 Å². The molecule has 88 valence electrons. The van der Waals surface area contributed by atoms with Gasteiger partial charge < -0.3 is 9.32 Å². The minimum atomic E-state index is -0.0372. The van der Waals surface area contributed by atoms with Gasteiger partial charge in [0, 0.05) is 25.6 Å². The molecule has 0 N–H and O–H groups in total. The van der Waals surface area contributed by atoms with Crippen molar-refractivity contribution in [2.75, 3.05) is 13.1 Å². The van der Waals surface area contributed by atoms with Crippen molar-refractivity contribution in [2.24, 2.45) is 5.92 Å². The summed E-state index contributed by atoms with van der Waals surface area (Å²) in [4.78, 5) is 17.5. The van der Waals surface area contributed by atoms with Crippen LogP contribution in [0.1, 0.15) is 10.6 Å². The molecule has 1 saturated heterocycles. The third-order valence-corrected chi connectivity index (χ3v) is 2.89. The predicted octanol–water partition coefficient (Wildman–Crippen LogP) is 0.643. The fraction of sp³-hybridized carbons (Fsp3) is 0.364. The summed E-state index contributed by atoms with van der Waals surface area (Å²) in [6.07, 6.45) is 4.72. The number of rotatable bonds is 3. The predicted molar refractivity (Wildman–Crippen MR) is 58.1 cm³/mol. The first-order valence-electron chi connectivity index (χ1n) is 5.48. The largest absolute Gasteiger partial charge is 0.459 e. The molecule has 6 heteroatoms. The number of hydrogen-bond acceptors (Lipinski definition) is 4. The summed E-state index contributed by atoms with van der Waals surface area (Å²) >= 11 is 0. The lowest BCUT2D eigenvalue weighted by Crippen LogP contribution is -2.51. The minimum absolute atomic E-state index is 0.0372. The topological polar surface area (TPSA) is 64.2 Å². The number of likely N-dealkylation sites (tertiary alicyclic amines) is 1. The van der Waals surface area contributed by atoms with E-state index in [1.165, 1.54) is 12.6 Å². The molecule has 0 atom stereocenters. The molecule has 3 rings (SSSR count). The van der Waals surface area contributed by atoms with Crippen molar-refractivity contribution in [2.45, 2.75) is 6.54 Å². The van der Waals surface area contributed by atoms with E-state index in [9.17, 15) is 4.79 Å². The number of furan rings is 1. The van der Waals surface area contributed by atoms with Crippen LogP contribution in [0.15, 0.2) is 35.5 Å². The second kappa shape index (κ2) is 4.04. The maximum atomic E-state index is 11.8. The molecule has 0 aliphatic carbocycles. The molecule has 1 amide bonds. The van der Waals surface area contributed by atoms with Crippen LogP contribution < -0.4 is 0 Å². The van der Waals surface area contributed by atoms with Crippen LogP contribution in [-0.2, 0) is 6.54 Å². The van der Waals surface area contributed by atoms with Gasteiger partial charge in [0.25, 0.3) is 5.91 Å².